The molecule has 1 N–H and O–H groups in total. The highest BCUT2D eigenvalue weighted by molar-refractivity contribution is 6.07. The molecule has 6 heteroatoms. The smallest absolute Gasteiger partial charge is 0.253 e. The fourth-order valence-electron chi connectivity index (χ4n) is 4.87. The van der Waals surface area contributed by atoms with Crippen molar-refractivity contribution >= 4 is 22.7 Å². The summed E-state index contributed by atoms with van der Waals surface area (Å²) >= 11 is 0. The van der Waals surface area contributed by atoms with Crippen LogP contribution >= 0.6 is 0 Å². The lowest BCUT2D eigenvalue weighted by molar-refractivity contribution is 0.0698. The minimum Gasteiger partial charge on any atom is -0.494 e. The summed E-state index contributed by atoms with van der Waals surface area (Å²) in [6.07, 6.45) is 3.42. The zero-order valence-electron chi connectivity index (χ0n) is 20.5. The minimum atomic E-state index is -0.0608. The maximum absolute atomic E-state index is 13.3. The molecule has 1 saturated heterocycles. The third-order valence-corrected chi connectivity index (χ3v) is 6.76. The summed E-state index contributed by atoms with van der Waals surface area (Å²) < 4.78 is 7.60. The number of para-hydroxylation sites is 1. The van der Waals surface area contributed by atoms with Crippen molar-refractivity contribution in [2.75, 3.05) is 19.7 Å². The SMILES string of the molecule is CCOc1ccc(C(=O)N2CCC(NC(=O)c3cn(Cc4ccccc4)c4ccccc34)CC2)cc1. The van der Waals surface area contributed by atoms with Crippen molar-refractivity contribution < 1.29 is 14.3 Å². The van der Waals surface area contributed by atoms with Gasteiger partial charge in [-0.05, 0) is 55.7 Å². The van der Waals surface area contributed by atoms with Crippen molar-refractivity contribution in [2.45, 2.75) is 32.4 Å². The van der Waals surface area contributed by atoms with Crippen molar-refractivity contribution in [3.05, 3.63) is 102 Å². The number of piperidine rings is 1. The van der Waals surface area contributed by atoms with Crippen LogP contribution in [0.2, 0.25) is 0 Å². The number of aromatic nitrogens is 1. The molecule has 3 aromatic carbocycles. The second-order valence-corrected chi connectivity index (χ2v) is 9.17. The van der Waals surface area contributed by atoms with E-state index in [1.807, 2.05) is 78.7 Å². The molecule has 1 aliphatic rings. The summed E-state index contributed by atoms with van der Waals surface area (Å²) in [6.45, 7) is 4.48. The number of hydrogen-bond donors (Lipinski definition) is 1. The van der Waals surface area contributed by atoms with E-state index in [-0.39, 0.29) is 17.9 Å². The number of carbonyl (C=O) groups excluding carboxylic acids is 2. The van der Waals surface area contributed by atoms with Gasteiger partial charge in [-0.15, -0.1) is 0 Å². The van der Waals surface area contributed by atoms with Crippen molar-refractivity contribution in [1.29, 1.82) is 0 Å². The molecule has 0 aliphatic carbocycles. The molecule has 184 valence electrons. The Balaban J connectivity index is 1.22. The topological polar surface area (TPSA) is 63.6 Å². The molecule has 0 atom stereocenters. The Morgan fingerprint density at radius 3 is 2.33 bits per heavy atom. The fraction of sp³-hybridized carbons (Fsp3) is 0.267. The van der Waals surface area contributed by atoms with E-state index in [0.717, 1.165) is 29.5 Å². The van der Waals surface area contributed by atoms with Gasteiger partial charge in [0.05, 0.1) is 12.2 Å². The first kappa shape index (κ1) is 23.7. The predicted molar refractivity (Wildman–Crippen MR) is 141 cm³/mol. The Morgan fingerprint density at radius 2 is 1.61 bits per heavy atom. The van der Waals surface area contributed by atoms with E-state index in [0.29, 0.717) is 37.4 Å². The van der Waals surface area contributed by atoms with Crippen LogP contribution in [0.4, 0.5) is 0 Å². The molecular weight excluding hydrogens is 450 g/mol. The summed E-state index contributed by atoms with van der Waals surface area (Å²) in [6, 6.07) is 25.6. The molecule has 4 aromatic rings. The van der Waals surface area contributed by atoms with E-state index >= 15 is 0 Å². The summed E-state index contributed by atoms with van der Waals surface area (Å²) in [7, 11) is 0. The second kappa shape index (κ2) is 10.7. The van der Waals surface area contributed by atoms with Crippen LogP contribution in [-0.2, 0) is 6.54 Å². The van der Waals surface area contributed by atoms with E-state index in [1.165, 1.54) is 5.56 Å². The van der Waals surface area contributed by atoms with E-state index in [1.54, 1.807) is 0 Å². The summed E-state index contributed by atoms with van der Waals surface area (Å²) in [5.74, 6) is 0.724. The molecule has 0 bridgehead atoms. The van der Waals surface area contributed by atoms with Crippen LogP contribution in [0.3, 0.4) is 0 Å². The Hall–Kier alpha value is -4.06. The fourth-order valence-corrected chi connectivity index (χ4v) is 4.87. The minimum absolute atomic E-state index is 0.0202. The molecule has 5 rings (SSSR count). The van der Waals surface area contributed by atoms with Crippen molar-refractivity contribution in [3.63, 3.8) is 0 Å². The zero-order chi connectivity index (χ0) is 24.9. The van der Waals surface area contributed by atoms with Gasteiger partial charge in [-0.3, -0.25) is 9.59 Å². The Kier molecular flexibility index (Phi) is 7.03. The summed E-state index contributed by atoms with van der Waals surface area (Å²) in [4.78, 5) is 28.1. The Morgan fingerprint density at radius 1 is 0.917 bits per heavy atom. The molecule has 2 heterocycles. The van der Waals surface area contributed by atoms with Crippen molar-refractivity contribution in [1.82, 2.24) is 14.8 Å². The first-order chi connectivity index (χ1) is 17.6. The molecule has 2 amide bonds. The van der Waals surface area contributed by atoms with Gasteiger partial charge in [0.15, 0.2) is 0 Å². The number of benzene rings is 3. The molecule has 1 aromatic heterocycles. The van der Waals surface area contributed by atoms with Gasteiger partial charge in [-0.2, -0.15) is 0 Å². The number of fused-ring (bicyclic) bond motifs is 1. The second-order valence-electron chi connectivity index (χ2n) is 9.17. The third-order valence-electron chi connectivity index (χ3n) is 6.76. The lowest BCUT2D eigenvalue weighted by Gasteiger charge is -2.32. The Bertz CT molecular complexity index is 1340. The lowest BCUT2D eigenvalue weighted by atomic mass is 10.0. The molecule has 1 aliphatic heterocycles. The van der Waals surface area contributed by atoms with Gasteiger partial charge >= 0.3 is 0 Å². The number of likely N-dealkylation sites (tertiary alicyclic amines) is 1. The highest BCUT2D eigenvalue weighted by atomic mass is 16.5. The number of carbonyl (C=O) groups is 2. The van der Waals surface area contributed by atoms with E-state index < -0.39 is 0 Å². The molecule has 0 saturated carbocycles. The zero-order valence-corrected chi connectivity index (χ0v) is 20.5. The maximum atomic E-state index is 13.3. The first-order valence-electron chi connectivity index (χ1n) is 12.6. The highest BCUT2D eigenvalue weighted by Gasteiger charge is 2.26. The third kappa shape index (κ3) is 5.13. The predicted octanol–water partition coefficient (Wildman–Crippen LogP) is 5.12. The molecule has 1 fully saturated rings. The number of ether oxygens (including phenoxy) is 1. The highest BCUT2D eigenvalue weighted by Crippen LogP contribution is 2.24. The van der Waals surface area contributed by atoms with E-state index in [4.69, 9.17) is 4.74 Å². The molecule has 6 nitrogen and oxygen atoms in total. The van der Waals surface area contributed by atoms with Gasteiger partial charge in [-0.25, -0.2) is 0 Å². The average Bonchev–Trinajstić information content (AvgIpc) is 3.28. The summed E-state index contributed by atoms with van der Waals surface area (Å²) in [5.41, 5.74) is 3.58. The lowest BCUT2D eigenvalue weighted by Crippen LogP contribution is -2.46. The van der Waals surface area contributed by atoms with Gasteiger partial charge in [0, 0.05) is 48.3 Å². The van der Waals surface area contributed by atoms with Crippen molar-refractivity contribution in [3.8, 4) is 5.75 Å². The van der Waals surface area contributed by atoms with Crippen LogP contribution < -0.4 is 10.1 Å². The number of hydrogen-bond acceptors (Lipinski definition) is 3. The quantitative estimate of drug-likeness (QED) is 0.398. The van der Waals surface area contributed by atoms with Crippen LogP contribution in [0.1, 0.15) is 46.0 Å². The molecule has 36 heavy (non-hydrogen) atoms. The van der Waals surface area contributed by atoms with E-state index in [2.05, 4.69) is 28.1 Å². The van der Waals surface area contributed by atoms with Gasteiger partial charge in [0.1, 0.15) is 5.75 Å². The first-order valence-corrected chi connectivity index (χ1v) is 12.6. The molecule has 0 spiro atoms. The van der Waals surface area contributed by atoms with Crippen LogP contribution in [0, 0.1) is 0 Å². The van der Waals surface area contributed by atoms with Crippen LogP contribution in [-0.4, -0.2) is 47.0 Å². The van der Waals surface area contributed by atoms with Crippen LogP contribution in [0.25, 0.3) is 10.9 Å². The van der Waals surface area contributed by atoms with Gasteiger partial charge in [0.25, 0.3) is 11.8 Å². The van der Waals surface area contributed by atoms with Gasteiger partial charge < -0.3 is 19.5 Å². The maximum Gasteiger partial charge on any atom is 0.253 e. The van der Waals surface area contributed by atoms with Crippen LogP contribution in [0.15, 0.2) is 85.1 Å². The van der Waals surface area contributed by atoms with Crippen LogP contribution in [0.5, 0.6) is 5.75 Å². The number of nitrogens with zero attached hydrogens (tertiary/aromatic N) is 2. The monoisotopic (exact) mass is 481 g/mol. The molecule has 0 unspecified atom stereocenters. The largest absolute Gasteiger partial charge is 0.494 e. The number of nitrogens with one attached hydrogen (secondary N) is 1. The molecule has 0 radical (unpaired) electrons. The number of rotatable bonds is 7. The van der Waals surface area contributed by atoms with Gasteiger partial charge in [-0.1, -0.05) is 48.5 Å². The standard InChI is InChI=1S/C30H31N3O3/c1-2-36-25-14-12-23(13-15-25)30(35)32-18-16-24(17-19-32)31-29(34)27-21-33(20-22-8-4-3-5-9-22)28-11-7-6-10-26(27)28/h3-15,21,24H,2,16-20H2,1H3,(H,31,34). The number of amides is 2. The van der Waals surface area contributed by atoms with Crippen molar-refractivity contribution in [2.24, 2.45) is 0 Å². The normalized spacial score (nSPS) is 14.1. The summed E-state index contributed by atoms with van der Waals surface area (Å²) in [5, 5.41) is 4.17. The van der Waals surface area contributed by atoms with E-state index in [9.17, 15) is 9.59 Å². The Labute approximate surface area is 211 Å². The average molecular weight is 482 g/mol. The molecular formula is C30H31N3O3. The van der Waals surface area contributed by atoms with Gasteiger partial charge in [0.2, 0.25) is 0 Å².